The average Bonchev–Trinajstić information content (AvgIpc) is 2.45. The Morgan fingerprint density at radius 1 is 0.905 bits per heavy atom. The summed E-state index contributed by atoms with van der Waals surface area (Å²) in [6, 6.07) is 0. The standard InChI is InChI=1S/C15H31NO5/c17-12-11-16(10-6-2-4-8-15(20)21)9-5-1-3-7-14(19)13-18/h14,17-19H,1-13H2,(H,20,21). The summed E-state index contributed by atoms with van der Waals surface area (Å²) in [4.78, 5) is 12.6. The second-order valence-corrected chi connectivity index (χ2v) is 5.46. The molecule has 0 aromatic rings. The molecule has 0 bridgehead atoms. The molecule has 6 nitrogen and oxygen atoms in total. The van der Waals surface area contributed by atoms with Crippen LogP contribution in [0.2, 0.25) is 0 Å². The molecule has 0 fully saturated rings. The van der Waals surface area contributed by atoms with Gasteiger partial charge in [-0.2, -0.15) is 0 Å². The van der Waals surface area contributed by atoms with Crippen LogP contribution in [-0.4, -0.2) is 70.2 Å². The molecule has 126 valence electrons. The SMILES string of the molecule is O=C(O)CCCCCN(CCO)CCCCCC(O)CO. The molecule has 0 saturated heterocycles. The zero-order valence-corrected chi connectivity index (χ0v) is 12.9. The minimum atomic E-state index is -0.743. The molecule has 1 unspecified atom stereocenters. The molecule has 0 amide bonds. The van der Waals surface area contributed by atoms with Crippen molar-refractivity contribution in [2.75, 3.05) is 32.8 Å². The molecule has 0 heterocycles. The summed E-state index contributed by atoms with van der Waals surface area (Å²) in [5, 5.41) is 35.5. The first-order valence-electron chi connectivity index (χ1n) is 7.94. The molecule has 1 atom stereocenters. The van der Waals surface area contributed by atoms with Gasteiger partial charge in [0, 0.05) is 13.0 Å². The molecule has 0 radical (unpaired) electrons. The van der Waals surface area contributed by atoms with E-state index in [4.69, 9.17) is 15.3 Å². The highest BCUT2D eigenvalue weighted by Crippen LogP contribution is 2.07. The van der Waals surface area contributed by atoms with Gasteiger partial charge in [0.1, 0.15) is 0 Å². The number of unbranched alkanes of at least 4 members (excludes halogenated alkanes) is 4. The van der Waals surface area contributed by atoms with Crippen molar-refractivity contribution in [1.29, 1.82) is 0 Å². The van der Waals surface area contributed by atoms with E-state index in [1.165, 1.54) is 0 Å². The highest BCUT2D eigenvalue weighted by molar-refractivity contribution is 5.66. The minimum Gasteiger partial charge on any atom is -0.481 e. The van der Waals surface area contributed by atoms with E-state index in [0.29, 0.717) is 19.4 Å². The molecular weight excluding hydrogens is 274 g/mol. The maximum Gasteiger partial charge on any atom is 0.303 e. The summed E-state index contributed by atoms with van der Waals surface area (Å²) in [7, 11) is 0. The Hall–Kier alpha value is -0.690. The lowest BCUT2D eigenvalue weighted by molar-refractivity contribution is -0.137. The van der Waals surface area contributed by atoms with E-state index in [1.54, 1.807) is 0 Å². The van der Waals surface area contributed by atoms with E-state index in [0.717, 1.165) is 45.2 Å². The molecule has 0 aromatic heterocycles. The lowest BCUT2D eigenvalue weighted by Crippen LogP contribution is -2.29. The topological polar surface area (TPSA) is 101 Å². The van der Waals surface area contributed by atoms with Gasteiger partial charge in [-0.25, -0.2) is 0 Å². The fraction of sp³-hybridized carbons (Fsp3) is 0.933. The number of nitrogens with zero attached hydrogens (tertiary/aromatic N) is 1. The van der Waals surface area contributed by atoms with Crippen molar-refractivity contribution in [2.45, 2.75) is 57.5 Å². The van der Waals surface area contributed by atoms with Gasteiger partial charge in [0.15, 0.2) is 0 Å². The number of aliphatic hydroxyl groups excluding tert-OH is 3. The molecule has 0 spiro atoms. The first-order valence-corrected chi connectivity index (χ1v) is 7.94. The van der Waals surface area contributed by atoms with Crippen molar-refractivity contribution in [1.82, 2.24) is 4.90 Å². The molecule has 21 heavy (non-hydrogen) atoms. The van der Waals surface area contributed by atoms with E-state index in [1.807, 2.05) is 0 Å². The van der Waals surface area contributed by atoms with Gasteiger partial charge < -0.3 is 25.3 Å². The van der Waals surface area contributed by atoms with E-state index >= 15 is 0 Å². The Kier molecular flexibility index (Phi) is 13.8. The second kappa shape index (κ2) is 14.3. The maximum absolute atomic E-state index is 10.4. The molecule has 4 N–H and O–H groups in total. The fourth-order valence-electron chi connectivity index (χ4n) is 2.25. The number of hydrogen-bond acceptors (Lipinski definition) is 5. The molecule has 0 aliphatic heterocycles. The molecule has 0 aliphatic rings. The summed E-state index contributed by atoms with van der Waals surface area (Å²) in [6.45, 7) is 2.41. The van der Waals surface area contributed by atoms with Crippen LogP contribution >= 0.6 is 0 Å². The van der Waals surface area contributed by atoms with Gasteiger partial charge in [-0.15, -0.1) is 0 Å². The molecule has 0 aromatic carbocycles. The second-order valence-electron chi connectivity index (χ2n) is 5.46. The maximum atomic E-state index is 10.4. The third kappa shape index (κ3) is 14.0. The van der Waals surface area contributed by atoms with Crippen molar-refractivity contribution in [3.05, 3.63) is 0 Å². The van der Waals surface area contributed by atoms with Crippen LogP contribution in [0.4, 0.5) is 0 Å². The number of aliphatic hydroxyl groups is 3. The van der Waals surface area contributed by atoms with Crippen LogP contribution in [0.3, 0.4) is 0 Å². The van der Waals surface area contributed by atoms with Gasteiger partial charge >= 0.3 is 5.97 Å². The predicted molar refractivity (Wildman–Crippen MR) is 81.2 cm³/mol. The third-order valence-corrected chi connectivity index (χ3v) is 3.50. The Morgan fingerprint density at radius 3 is 2.05 bits per heavy atom. The monoisotopic (exact) mass is 305 g/mol. The Bertz CT molecular complexity index is 250. The molecule has 0 rings (SSSR count). The Morgan fingerprint density at radius 2 is 1.52 bits per heavy atom. The van der Waals surface area contributed by atoms with Gasteiger partial charge in [0.25, 0.3) is 0 Å². The number of carboxylic acids is 1. The lowest BCUT2D eigenvalue weighted by atomic mass is 10.1. The van der Waals surface area contributed by atoms with Crippen molar-refractivity contribution in [3.8, 4) is 0 Å². The number of hydrogen-bond donors (Lipinski definition) is 4. The summed E-state index contributed by atoms with van der Waals surface area (Å²) >= 11 is 0. The van der Waals surface area contributed by atoms with Gasteiger partial charge in [-0.3, -0.25) is 4.79 Å². The predicted octanol–water partition coefficient (Wildman–Crippen LogP) is 0.839. The van der Waals surface area contributed by atoms with Crippen molar-refractivity contribution in [3.63, 3.8) is 0 Å². The zero-order chi connectivity index (χ0) is 15.9. The summed E-state index contributed by atoms with van der Waals surface area (Å²) in [5.41, 5.74) is 0. The highest BCUT2D eigenvalue weighted by Gasteiger charge is 2.05. The molecule has 6 heteroatoms. The fourth-order valence-corrected chi connectivity index (χ4v) is 2.25. The Labute approximate surface area is 127 Å². The van der Waals surface area contributed by atoms with Crippen LogP contribution in [0.1, 0.15) is 51.4 Å². The van der Waals surface area contributed by atoms with Crippen molar-refractivity contribution < 1.29 is 25.2 Å². The summed E-state index contributed by atoms with van der Waals surface area (Å²) in [5.74, 6) is -0.743. The van der Waals surface area contributed by atoms with Gasteiger partial charge in [-0.05, 0) is 38.8 Å². The normalized spacial score (nSPS) is 12.8. The number of carboxylic acid groups (broad SMARTS) is 1. The first-order chi connectivity index (χ1) is 10.1. The van der Waals surface area contributed by atoms with Crippen molar-refractivity contribution >= 4 is 5.97 Å². The lowest BCUT2D eigenvalue weighted by Gasteiger charge is -2.21. The van der Waals surface area contributed by atoms with Crippen LogP contribution in [0.25, 0.3) is 0 Å². The Balaban J connectivity index is 3.59. The smallest absolute Gasteiger partial charge is 0.303 e. The van der Waals surface area contributed by atoms with Gasteiger partial charge in [0.05, 0.1) is 19.3 Å². The first kappa shape index (κ1) is 20.3. The minimum absolute atomic E-state index is 0.137. The highest BCUT2D eigenvalue weighted by atomic mass is 16.4. The van der Waals surface area contributed by atoms with E-state index < -0.39 is 12.1 Å². The summed E-state index contributed by atoms with van der Waals surface area (Å²) in [6.07, 6.45) is 5.72. The number of aliphatic carboxylic acids is 1. The largest absolute Gasteiger partial charge is 0.481 e. The van der Waals surface area contributed by atoms with E-state index in [2.05, 4.69) is 4.90 Å². The van der Waals surface area contributed by atoms with Gasteiger partial charge in [-0.1, -0.05) is 19.3 Å². The van der Waals surface area contributed by atoms with Crippen LogP contribution in [0, 0.1) is 0 Å². The third-order valence-electron chi connectivity index (χ3n) is 3.50. The molecule has 0 saturated carbocycles. The van der Waals surface area contributed by atoms with Crippen LogP contribution in [-0.2, 0) is 4.79 Å². The van der Waals surface area contributed by atoms with E-state index in [9.17, 15) is 9.90 Å². The van der Waals surface area contributed by atoms with E-state index in [-0.39, 0.29) is 19.6 Å². The number of rotatable bonds is 15. The van der Waals surface area contributed by atoms with Crippen LogP contribution in [0.15, 0.2) is 0 Å². The van der Waals surface area contributed by atoms with Crippen molar-refractivity contribution in [2.24, 2.45) is 0 Å². The average molecular weight is 305 g/mol. The van der Waals surface area contributed by atoms with Crippen LogP contribution in [0.5, 0.6) is 0 Å². The van der Waals surface area contributed by atoms with Crippen LogP contribution < -0.4 is 0 Å². The summed E-state index contributed by atoms with van der Waals surface area (Å²) < 4.78 is 0. The molecule has 0 aliphatic carbocycles. The number of carbonyl (C=O) groups is 1. The molecular formula is C15H31NO5. The van der Waals surface area contributed by atoms with Gasteiger partial charge in [0.2, 0.25) is 0 Å². The quantitative estimate of drug-likeness (QED) is 0.334. The zero-order valence-electron chi connectivity index (χ0n) is 12.9.